The minimum absolute atomic E-state index is 0.190. The Bertz CT molecular complexity index is 832. The van der Waals surface area contributed by atoms with Crippen molar-refractivity contribution >= 4 is 21.6 Å². The second-order valence-corrected chi connectivity index (χ2v) is 7.38. The van der Waals surface area contributed by atoms with Crippen molar-refractivity contribution in [3.63, 3.8) is 0 Å². The summed E-state index contributed by atoms with van der Waals surface area (Å²) in [7, 11) is -1.87. The first-order valence-corrected chi connectivity index (χ1v) is 9.75. The number of benzene rings is 2. The zero-order valence-electron chi connectivity index (χ0n) is 14.4. The van der Waals surface area contributed by atoms with Crippen LogP contribution in [0.15, 0.2) is 48.5 Å². The molecule has 0 aromatic heterocycles. The third-order valence-corrected chi connectivity index (χ3v) is 4.29. The van der Waals surface area contributed by atoms with E-state index in [1.165, 1.54) is 0 Å². The largest absolute Gasteiger partial charge is 0.497 e. The molecule has 6 nitrogen and oxygen atoms in total. The van der Waals surface area contributed by atoms with Crippen LogP contribution in [0.1, 0.15) is 35.3 Å². The summed E-state index contributed by atoms with van der Waals surface area (Å²) in [6.07, 6.45) is 1.74. The van der Waals surface area contributed by atoms with Gasteiger partial charge < -0.3 is 10.1 Å². The summed E-state index contributed by atoms with van der Waals surface area (Å²) in [6, 6.07) is 13.8. The highest BCUT2D eigenvalue weighted by Gasteiger charge is 2.18. The van der Waals surface area contributed by atoms with Gasteiger partial charge in [0.15, 0.2) is 0 Å². The molecule has 1 atom stereocenters. The molecule has 2 aromatic carbocycles. The summed E-state index contributed by atoms with van der Waals surface area (Å²) in [5, 5.41) is 2.95. The lowest BCUT2D eigenvalue weighted by atomic mass is 10.0. The van der Waals surface area contributed by atoms with E-state index in [0.717, 1.165) is 17.6 Å². The Hall–Kier alpha value is -2.54. The Morgan fingerprint density at radius 2 is 1.76 bits per heavy atom. The van der Waals surface area contributed by atoms with Crippen LogP contribution >= 0.6 is 0 Å². The van der Waals surface area contributed by atoms with E-state index in [1.807, 2.05) is 31.2 Å². The average molecular weight is 362 g/mol. The second kappa shape index (κ2) is 8.02. The van der Waals surface area contributed by atoms with Gasteiger partial charge in [-0.2, -0.15) is 0 Å². The van der Waals surface area contributed by atoms with E-state index < -0.39 is 10.0 Å². The Morgan fingerprint density at radius 3 is 2.32 bits per heavy atom. The molecule has 0 saturated carbocycles. The Morgan fingerprint density at radius 1 is 1.12 bits per heavy atom. The molecule has 0 aliphatic rings. The summed E-state index contributed by atoms with van der Waals surface area (Å²) in [5.74, 6) is 0.405. The van der Waals surface area contributed by atoms with E-state index in [2.05, 4.69) is 10.0 Å². The summed E-state index contributed by atoms with van der Waals surface area (Å²) in [4.78, 5) is 12.6. The van der Waals surface area contributed by atoms with Crippen molar-refractivity contribution in [3.05, 3.63) is 59.7 Å². The average Bonchev–Trinajstić information content (AvgIpc) is 2.58. The van der Waals surface area contributed by atoms with Gasteiger partial charge in [0.25, 0.3) is 5.91 Å². The molecule has 0 saturated heterocycles. The zero-order chi connectivity index (χ0) is 18.4. The van der Waals surface area contributed by atoms with Gasteiger partial charge in [-0.3, -0.25) is 9.52 Å². The molecule has 25 heavy (non-hydrogen) atoms. The van der Waals surface area contributed by atoms with Crippen molar-refractivity contribution in [2.45, 2.75) is 19.4 Å². The molecular weight excluding hydrogens is 340 g/mol. The van der Waals surface area contributed by atoms with Crippen molar-refractivity contribution in [3.8, 4) is 5.75 Å². The molecule has 0 unspecified atom stereocenters. The fraction of sp³-hybridized carbons (Fsp3) is 0.278. The molecule has 0 aliphatic carbocycles. The van der Waals surface area contributed by atoms with Gasteiger partial charge >= 0.3 is 0 Å². The molecule has 2 rings (SSSR count). The molecule has 0 heterocycles. The van der Waals surface area contributed by atoms with Crippen molar-refractivity contribution in [1.29, 1.82) is 0 Å². The van der Waals surface area contributed by atoms with Crippen LogP contribution in [0.4, 0.5) is 5.69 Å². The minimum Gasteiger partial charge on any atom is -0.497 e. The molecule has 2 N–H and O–H groups in total. The highest BCUT2D eigenvalue weighted by molar-refractivity contribution is 7.92. The standard InChI is InChI=1S/C18H22N2O4S/c1-4-16(13-9-11-14(24-2)12-10-13)19-18(21)15-7-5-6-8-17(15)20-25(3,22)23/h5-12,16,20H,4H2,1-3H3,(H,19,21)/t16-/m1/s1. The fourth-order valence-corrected chi connectivity index (χ4v) is 3.04. The van der Waals surface area contributed by atoms with E-state index in [0.29, 0.717) is 6.42 Å². The number of hydrogen-bond donors (Lipinski definition) is 2. The summed E-state index contributed by atoms with van der Waals surface area (Å²) in [5.41, 5.74) is 1.48. The molecule has 7 heteroatoms. The number of carbonyl (C=O) groups is 1. The number of hydrogen-bond acceptors (Lipinski definition) is 4. The molecule has 0 spiro atoms. The van der Waals surface area contributed by atoms with Crippen LogP contribution in [0.3, 0.4) is 0 Å². The number of sulfonamides is 1. The number of amides is 1. The van der Waals surface area contributed by atoms with Crippen molar-refractivity contribution in [2.24, 2.45) is 0 Å². The minimum atomic E-state index is -3.47. The second-order valence-electron chi connectivity index (χ2n) is 5.63. The SMILES string of the molecule is CC[C@@H](NC(=O)c1ccccc1NS(C)(=O)=O)c1ccc(OC)cc1. The van der Waals surface area contributed by atoms with E-state index in [9.17, 15) is 13.2 Å². The third-order valence-electron chi connectivity index (χ3n) is 3.70. The molecule has 0 aliphatic heterocycles. The van der Waals surface area contributed by atoms with Gasteiger partial charge in [0.2, 0.25) is 10.0 Å². The molecule has 1 amide bonds. The predicted octanol–water partition coefficient (Wildman–Crippen LogP) is 2.95. The summed E-state index contributed by atoms with van der Waals surface area (Å²) < 4.78 is 30.5. The molecule has 134 valence electrons. The highest BCUT2D eigenvalue weighted by Crippen LogP contribution is 2.22. The van der Waals surface area contributed by atoms with E-state index in [-0.39, 0.29) is 23.2 Å². The first-order chi connectivity index (χ1) is 11.8. The quantitative estimate of drug-likeness (QED) is 0.793. The maximum absolute atomic E-state index is 12.6. The molecule has 2 aromatic rings. The van der Waals surface area contributed by atoms with Gasteiger partial charge in [-0.15, -0.1) is 0 Å². The lowest BCUT2D eigenvalue weighted by molar-refractivity contribution is 0.0936. The van der Waals surface area contributed by atoms with Gasteiger partial charge in [0, 0.05) is 0 Å². The van der Waals surface area contributed by atoms with Crippen molar-refractivity contribution in [1.82, 2.24) is 5.32 Å². The topological polar surface area (TPSA) is 84.5 Å². The molecule has 0 bridgehead atoms. The number of carbonyl (C=O) groups excluding carboxylic acids is 1. The lowest BCUT2D eigenvalue weighted by Gasteiger charge is -2.19. The van der Waals surface area contributed by atoms with E-state index in [1.54, 1.807) is 31.4 Å². The van der Waals surface area contributed by atoms with Gasteiger partial charge in [0.1, 0.15) is 5.75 Å². The number of methoxy groups -OCH3 is 1. The summed E-state index contributed by atoms with van der Waals surface area (Å²) >= 11 is 0. The maximum Gasteiger partial charge on any atom is 0.253 e. The zero-order valence-corrected chi connectivity index (χ0v) is 15.3. The van der Waals surface area contributed by atoms with Crippen LogP contribution < -0.4 is 14.8 Å². The maximum atomic E-state index is 12.6. The van der Waals surface area contributed by atoms with Gasteiger partial charge in [-0.05, 0) is 36.2 Å². The van der Waals surface area contributed by atoms with E-state index in [4.69, 9.17) is 4.74 Å². The first-order valence-electron chi connectivity index (χ1n) is 7.85. The fourth-order valence-electron chi connectivity index (χ4n) is 2.46. The molecule has 0 radical (unpaired) electrons. The smallest absolute Gasteiger partial charge is 0.253 e. The number of rotatable bonds is 7. The Labute approximate surface area is 148 Å². The van der Waals surface area contributed by atoms with Gasteiger partial charge in [-0.25, -0.2) is 8.42 Å². The predicted molar refractivity (Wildman–Crippen MR) is 98.4 cm³/mol. The normalized spacial score (nSPS) is 12.3. The van der Waals surface area contributed by atoms with Crippen LogP contribution in [-0.2, 0) is 10.0 Å². The van der Waals surface area contributed by atoms with Crippen LogP contribution in [0, 0.1) is 0 Å². The molecular formula is C18H22N2O4S. The van der Waals surface area contributed by atoms with Gasteiger partial charge in [-0.1, -0.05) is 31.2 Å². The number of nitrogens with one attached hydrogen (secondary N) is 2. The number of anilines is 1. The van der Waals surface area contributed by atoms with E-state index >= 15 is 0 Å². The van der Waals surface area contributed by atoms with Crippen molar-refractivity contribution in [2.75, 3.05) is 18.1 Å². The first kappa shape index (κ1) is 18.8. The van der Waals surface area contributed by atoms with Crippen molar-refractivity contribution < 1.29 is 17.9 Å². The van der Waals surface area contributed by atoms with Gasteiger partial charge in [0.05, 0.1) is 30.7 Å². The van der Waals surface area contributed by atoms with Crippen LogP contribution in [0.25, 0.3) is 0 Å². The highest BCUT2D eigenvalue weighted by atomic mass is 32.2. The Balaban J connectivity index is 2.22. The number of para-hydroxylation sites is 1. The lowest BCUT2D eigenvalue weighted by Crippen LogP contribution is -2.29. The number of ether oxygens (including phenoxy) is 1. The van der Waals surface area contributed by atoms with Crippen LogP contribution in [0.2, 0.25) is 0 Å². The Kier molecular flexibility index (Phi) is 6.03. The summed E-state index contributed by atoms with van der Waals surface area (Å²) in [6.45, 7) is 1.97. The molecule has 0 fully saturated rings. The van der Waals surface area contributed by atoms with Crippen LogP contribution in [-0.4, -0.2) is 27.7 Å². The third kappa shape index (κ3) is 5.22. The van der Waals surface area contributed by atoms with Crippen LogP contribution in [0.5, 0.6) is 5.75 Å². The monoisotopic (exact) mass is 362 g/mol.